The van der Waals surface area contributed by atoms with E-state index in [2.05, 4.69) is 12.7 Å². The highest BCUT2D eigenvalue weighted by Crippen LogP contribution is 2.47. The molecule has 0 aromatic carbocycles. The van der Waals surface area contributed by atoms with Gasteiger partial charge in [-0.05, 0) is 39.0 Å². The van der Waals surface area contributed by atoms with Crippen LogP contribution >= 0.6 is 0 Å². The third-order valence-corrected chi connectivity index (χ3v) is 6.56. The van der Waals surface area contributed by atoms with Gasteiger partial charge >= 0.3 is 0 Å². The van der Waals surface area contributed by atoms with Gasteiger partial charge in [-0.1, -0.05) is 24.3 Å². The monoisotopic (exact) mass is 226 g/mol. The summed E-state index contributed by atoms with van der Waals surface area (Å²) in [5.74, 6) is 0.476. The summed E-state index contributed by atoms with van der Waals surface area (Å²) < 4.78 is 24.0. The second-order valence-electron chi connectivity index (χ2n) is 5.54. The van der Waals surface area contributed by atoms with Gasteiger partial charge in [0.2, 0.25) is 0 Å². The highest BCUT2D eigenvalue weighted by Gasteiger charge is 2.49. The third-order valence-electron chi connectivity index (χ3n) is 3.54. The number of hydrogen-bond acceptors (Lipinski definition) is 2. The maximum Gasteiger partial charge on any atom is 0.162 e. The van der Waals surface area contributed by atoms with Crippen molar-refractivity contribution < 1.29 is 8.42 Å². The molecule has 0 amide bonds. The van der Waals surface area contributed by atoms with Crippen LogP contribution in [0, 0.1) is 11.8 Å². The van der Waals surface area contributed by atoms with Gasteiger partial charge < -0.3 is 0 Å². The van der Waals surface area contributed by atoms with Gasteiger partial charge in [-0.15, -0.1) is 0 Å². The molecule has 2 aliphatic rings. The molecule has 15 heavy (non-hydrogen) atoms. The van der Waals surface area contributed by atoms with Gasteiger partial charge in [0.25, 0.3) is 0 Å². The molecule has 0 heterocycles. The van der Waals surface area contributed by atoms with Crippen LogP contribution in [0.1, 0.15) is 27.2 Å². The van der Waals surface area contributed by atoms with Crippen molar-refractivity contribution >= 4 is 9.84 Å². The van der Waals surface area contributed by atoms with Crippen LogP contribution in [0.3, 0.4) is 0 Å². The average molecular weight is 226 g/mol. The summed E-state index contributed by atoms with van der Waals surface area (Å²) >= 11 is 0. The van der Waals surface area contributed by atoms with E-state index in [0.717, 1.165) is 12.0 Å². The summed E-state index contributed by atoms with van der Waals surface area (Å²) in [4.78, 5) is 0. The van der Waals surface area contributed by atoms with E-state index in [9.17, 15) is 8.42 Å². The number of allylic oxidation sites excluding steroid dienone is 2. The fourth-order valence-corrected chi connectivity index (χ4v) is 4.52. The molecule has 2 rings (SSSR count). The molecular weight excluding hydrogens is 208 g/mol. The van der Waals surface area contributed by atoms with Crippen LogP contribution < -0.4 is 0 Å². The molecule has 0 N–H and O–H groups in total. The smallest absolute Gasteiger partial charge is 0.162 e. The standard InChI is InChI=1S/C12H18O2S/c1-8-9-5-6-10(7-9)11(8)15(13,14)12(2,3)4/h5-6,9-11H,1,7H2,2-4H3. The third kappa shape index (κ3) is 1.40. The van der Waals surface area contributed by atoms with Crippen molar-refractivity contribution in [2.75, 3.05) is 0 Å². The number of hydrogen-bond donors (Lipinski definition) is 0. The maximum absolute atomic E-state index is 12.4. The zero-order valence-corrected chi connectivity index (χ0v) is 10.3. The van der Waals surface area contributed by atoms with Crippen LogP contribution in [0.4, 0.5) is 0 Å². The molecule has 2 nitrogen and oxygen atoms in total. The van der Waals surface area contributed by atoms with Gasteiger partial charge in [-0.3, -0.25) is 0 Å². The zero-order chi connectivity index (χ0) is 11.4. The lowest BCUT2D eigenvalue weighted by molar-refractivity contribution is 0.538. The molecule has 84 valence electrons. The Morgan fingerprint density at radius 3 is 2.33 bits per heavy atom. The van der Waals surface area contributed by atoms with E-state index in [4.69, 9.17) is 0 Å². The minimum absolute atomic E-state index is 0.173. The van der Waals surface area contributed by atoms with Crippen LogP contribution in [0.5, 0.6) is 0 Å². The molecule has 3 atom stereocenters. The summed E-state index contributed by atoms with van der Waals surface area (Å²) in [6, 6.07) is 0. The van der Waals surface area contributed by atoms with Crippen molar-refractivity contribution in [3.63, 3.8) is 0 Å². The molecule has 0 aromatic heterocycles. The van der Waals surface area contributed by atoms with Crippen LogP contribution in [-0.4, -0.2) is 18.4 Å². The zero-order valence-electron chi connectivity index (χ0n) is 9.53. The van der Waals surface area contributed by atoms with Gasteiger partial charge in [0, 0.05) is 0 Å². The highest BCUT2D eigenvalue weighted by molar-refractivity contribution is 7.93. The second kappa shape index (κ2) is 2.97. The first-order chi connectivity index (χ1) is 6.75. The Morgan fingerprint density at radius 2 is 1.93 bits per heavy atom. The molecule has 0 saturated heterocycles. The number of sulfone groups is 1. The molecule has 0 aliphatic heterocycles. The van der Waals surface area contributed by atoms with Gasteiger partial charge in [0.05, 0.1) is 10.00 Å². The first-order valence-corrected chi connectivity index (χ1v) is 6.90. The Bertz CT molecular complexity index is 423. The lowest BCUT2D eigenvalue weighted by atomic mass is 10.0. The fourth-order valence-electron chi connectivity index (χ4n) is 2.52. The Kier molecular flexibility index (Phi) is 2.16. The fraction of sp³-hybridized carbons (Fsp3) is 0.667. The van der Waals surface area contributed by atoms with Crippen molar-refractivity contribution in [2.45, 2.75) is 37.2 Å². The van der Waals surface area contributed by atoms with E-state index in [1.54, 1.807) is 20.8 Å². The van der Waals surface area contributed by atoms with E-state index in [0.29, 0.717) is 5.92 Å². The molecule has 0 radical (unpaired) electrons. The predicted octanol–water partition coefficient (Wildman–Crippen LogP) is 2.33. The molecule has 1 fully saturated rings. The number of fused-ring (bicyclic) bond motifs is 2. The molecule has 1 saturated carbocycles. The van der Waals surface area contributed by atoms with Crippen molar-refractivity contribution in [2.24, 2.45) is 11.8 Å². The van der Waals surface area contributed by atoms with Crippen LogP contribution in [0.2, 0.25) is 0 Å². The minimum Gasteiger partial charge on any atom is -0.228 e. The van der Waals surface area contributed by atoms with Crippen molar-refractivity contribution in [3.05, 3.63) is 24.3 Å². The molecule has 0 spiro atoms. The SMILES string of the molecule is C=C1C2C=CC(C2)C1S(=O)(=O)C(C)(C)C. The Labute approximate surface area is 92.0 Å². The van der Waals surface area contributed by atoms with Crippen LogP contribution in [0.25, 0.3) is 0 Å². The first kappa shape index (κ1) is 10.9. The normalized spacial score (nSPS) is 35.1. The second-order valence-corrected chi connectivity index (χ2v) is 8.37. The van der Waals surface area contributed by atoms with Crippen molar-refractivity contribution in [3.8, 4) is 0 Å². The summed E-state index contributed by atoms with van der Waals surface area (Å²) in [7, 11) is -3.11. The van der Waals surface area contributed by atoms with Crippen molar-refractivity contribution in [1.82, 2.24) is 0 Å². The summed E-state index contributed by atoms with van der Waals surface area (Å²) in [5.41, 5.74) is 0.900. The summed E-state index contributed by atoms with van der Waals surface area (Å²) in [5, 5.41) is -0.340. The molecule has 3 unspecified atom stereocenters. The van der Waals surface area contributed by atoms with Gasteiger partial charge in [-0.25, -0.2) is 8.42 Å². The summed E-state index contributed by atoms with van der Waals surface area (Å²) in [6.45, 7) is 9.28. The predicted molar refractivity (Wildman–Crippen MR) is 62.3 cm³/mol. The van der Waals surface area contributed by atoms with Gasteiger partial charge in [-0.2, -0.15) is 0 Å². The Balaban J connectivity index is 2.42. The van der Waals surface area contributed by atoms with E-state index in [-0.39, 0.29) is 11.2 Å². The van der Waals surface area contributed by atoms with E-state index >= 15 is 0 Å². The highest BCUT2D eigenvalue weighted by atomic mass is 32.2. The molecule has 3 heteroatoms. The quantitative estimate of drug-likeness (QED) is 0.643. The average Bonchev–Trinajstić information content (AvgIpc) is 2.60. The molecule has 2 aliphatic carbocycles. The molecular formula is C12H18O2S. The maximum atomic E-state index is 12.4. The van der Waals surface area contributed by atoms with Gasteiger partial charge in [0.1, 0.15) is 0 Å². The number of rotatable bonds is 1. The van der Waals surface area contributed by atoms with Crippen LogP contribution in [-0.2, 0) is 9.84 Å². The van der Waals surface area contributed by atoms with E-state index in [1.165, 1.54) is 0 Å². The van der Waals surface area contributed by atoms with Crippen LogP contribution in [0.15, 0.2) is 24.3 Å². The largest absolute Gasteiger partial charge is 0.228 e. The van der Waals surface area contributed by atoms with E-state index < -0.39 is 14.6 Å². The van der Waals surface area contributed by atoms with Crippen molar-refractivity contribution in [1.29, 1.82) is 0 Å². The summed E-state index contributed by atoms with van der Waals surface area (Å²) in [6.07, 6.45) is 5.09. The Hall–Kier alpha value is -0.570. The molecule has 0 aromatic rings. The lowest BCUT2D eigenvalue weighted by Crippen LogP contribution is -2.40. The van der Waals surface area contributed by atoms with Gasteiger partial charge in [0.15, 0.2) is 9.84 Å². The molecule has 2 bridgehead atoms. The topological polar surface area (TPSA) is 34.1 Å². The lowest BCUT2D eigenvalue weighted by Gasteiger charge is -2.29. The first-order valence-electron chi connectivity index (χ1n) is 5.35. The minimum atomic E-state index is -3.11. The Morgan fingerprint density at radius 1 is 1.33 bits per heavy atom. The van der Waals surface area contributed by atoms with E-state index in [1.807, 2.05) is 6.08 Å².